The SMILES string of the molecule is CC=CC=CC(=O)NCCCN=[N+]=[N-]. The van der Waals surface area contributed by atoms with Crippen LogP contribution in [0, 0.1) is 0 Å². The van der Waals surface area contributed by atoms with E-state index in [0.29, 0.717) is 19.5 Å². The number of nitrogens with zero attached hydrogens (tertiary/aromatic N) is 3. The van der Waals surface area contributed by atoms with Crippen molar-refractivity contribution in [2.45, 2.75) is 13.3 Å². The molecule has 14 heavy (non-hydrogen) atoms. The molecule has 1 amide bonds. The highest BCUT2D eigenvalue weighted by molar-refractivity contribution is 5.87. The maximum absolute atomic E-state index is 11.0. The zero-order chi connectivity index (χ0) is 10.6. The molecule has 0 aromatic rings. The topological polar surface area (TPSA) is 77.9 Å². The van der Waals surface area contributed by atoms with E-state index in [1.807, 2.05) is 13.0 Å². The van der Waals surface area contributed by atoms with E-state index < -0.39 is 0 Å². The minimum absolute atomic E-state index is 0.135. The van der Waals surface area contributed by atoms with Gasteiger partial charge in [-0.1, -0.05) is 23.3 Å². The monoisotopic (exact) mass is 194 g/mol. The maximum Gasteiger partial charge on any atom is 0.243 e. The third-order valence-corrected chi connectivity index (χ3v) is 1.35. The largest absolute Gasteiger partial charge is 0.353 e. The molecule has 1 N–H and O–H groups in total. The van der Waals surface area contributed by atoms with E-state index in [1.54, 1.807) is 12.2 Å². The molecule has 0 aliphatic heterocycles. The second-order valence-corrected chi connectivity index (χ2v) is 2.48. The van der Waals surface area contributed by atoms with Gasteiger partial charge in [-0.05, 0) is 18.9 Å². The average Bonchev–Trinajstić information content (AvgIpc) is 2.18. The van der Waals surface area contributed by atoms with Crippen molar-refractivity contribution in [3.8, 4) is 0 Å². The summed E-state index contributed by atoms with van der Waals surface area (Å²) >= 11 is 0. The third-order valence-electron chi connectivity index (χ3n) is 1.35. The van der Waals surface area contributed by atoms with Gasteiger partial charge in [-0.2, -0.15) is 0 Å². The molecule has 0 atom stereocenters. The molecule has 0 saturated heterocycles. The van der Waals surface area contributed by atoms with Crippen LogP contribution >= 0.6 is 0 Å². The van der Waals surface area contributed by atoms with E-state index >= 15 is 0 Å². The summed E-state index contributed by atoms with van der Waals surface area (Å²) in [5, 5.41) is 6.00. The lowest BCUT2D eigenvalue weighted by Gasteiger charge is -1.98. The first-order chi connectivity index (χ1) is 6.81. The number of hydrogen-bond acceptors (Lipinski definition) is 2. The zero-order valence-electron chi connectivity index (χ0n) is 8.18. The number of carbonyl (C=O) groups excluding carboxylic acids is 1. The second kappa shape index (κ2) is 9.35. The van der Waals surface area contributed by atoms with E-state index in [-0.39, 0.29) is 5.91 Å². The molecule has 0 radical (unpaired) electrons. The lowest BCUT2D eigenvalue weighted by Crippen LogP contribution is -2.22. The van der Waals surface area contributed by atoms with E-state index in [4.69, 9.17) is 5.53 Å². The third kappa shape index (κ3) is 8.36. The summed E-state index contributed by atoms with van der Waals surface area (Å²) in [6, 6.07) is 0. The first-order valence-corrected chi connectivity index (χ1v) is 4.39. The van der Waals surface area contributed by atoms with Crippen LogP contribution in [0.2, 0.25) is 0 Å². The van der Waals surface area contributed by atoms with Crippen LogP contribution in [0.3, 0.4) is 0 Å². The molecule has 0 unspecified atom stereocenters. The van der Waals surface area contributed by atoms with Crippen molar-refractivity contribution in [3.05, 3.63) is 34.7 Å². The molecule has 5 heteroatoms. The van der Waals surface area contributed by atoms with Crippen LogP contribution in [-0.4, -0.2) is 19.0 Å². The van der Waals surface area contributed by atoms with E-state index in [0.717, 1.165) is 0 Å². The minimum atomic E-state index is -0.135. The van der Waals surface area contributed by atoms with Gasteiger partial charge in [-0.15, -0.1) is 0 Å². The van der Waals surface area contributed by atoms with Gasteiger partial charge in [0.15, 0.2) is 0 Å². The summed E-state index contributed by atoms with van der Waals surface area (Å²) in [4.78, 5) is 13.6. The van der Waals surface area contributed by atoms with Gasteiger partial charge in [0.25, 0.3) is 0 Å². The fourth-order valence-corrected chi connectivity index (χ4v) is 0.719. The van der Waals surface area contributed by atoms with E-state index in [1.165, 1.54) is 6.08 Å². The van der Waals surface area contributed by atoms with Gasteiger partial charge >= 0.3 is 0 Å². The van der Waals surface area contributed by atoms with Crippen molar-refractivity contribution in [2.24, 2.45) is 5.11 Å². The highest BCUT2D eigenvalue weighted by atomic mass is 16.1. The van der Waals surface area contributed by atoms with Crippen LogP contribution in [0.1, 0.15) is 13.3 Å². The quantitative estimate of drug-likeness (QED) is 0.172. The molecule has 0 bridgehead atoms. The Bertz CT molecular complexity index is 264. The number of azide groups is 1. The normalized spacial score (nSPS) is 10.4. The maximum atomic E-state index is 11.0. The van der Waals surface area contributed by atoms with E-state index in [2.05, 4.69) is 15.3 Å². The zero-order valence-corrected chi connectivity index (χ0v) is 8.18. The highest BCUT2D eigenvalue weighted by Crippen LogP contribution is 1.81. The predicted molar refractivity (Wildman–Crippen MR) is 55.6 cm³/mol. The molecular formula is C9H14N4O. The first kappa shape index (κ1) is 12.3. The van der Waals surface area contributed by atoms with Crippen molar-refractivity contribution in [2.75, 3.05) is 13.1 Å². The Morgan fingerprint density at radius 1 is 1.57 bits per heavy atom. The molecule has 0 aromatic heterocycles. The molecule has 0 aliphatic carbocycles. The fourth-order valence-electron chi connectivity index (χ4n) is 0.719. The van der Waals surface area contributed by atoms with Crippen molar-refractivity contribution in [3.63, 3.8) is 0 Å². The van der Waals surface area contributed by atoms with Gasteiger partial charge in [0.2, 0.25) is 5.91 Å². The summed E-state index contributed by atoms with van der Waals surface area (Å²) in [6.07, 6.45) is 7.40. The summed E-state index contributed by atoms with van der Waals surface area (Å²) in [5.41, 5.74) is 7.97. The Morgan fingerprint density at radius 2 is 2.36 bits per heavy atom. The number of amides is 1. The van der Waals surface area contributed by atoms with Crippen molar-refractivity contribution >= 4 is 5.91 Å². The van der Waals surface area contributed by atoms with Crippen molar-refractivity contribution in [1.82, 2.24) is 5.32 Å². The smallest absolute Gasteiger partial charge is 0.243 e. The van der Waals surface area contributed by atoms with Crippen molar-refractivity contribution in [1.29, 1.82) is 0 Å². The van der Waals surface area contributed by atoms with Crippen LogP contribution in [0.4, 0.5) is 0 Å². The Kier molecular flexibility index (Phi) is 8.19. The van der Waals surface area contributed by atoms with Crippen LogP contribution in [0.5, 0.6) is 0 Å². The molecule has 0 saturated carbocycles. The van der Waals surface area contributed by atoms with E-state index in [9.17, 15) is 4.79 Å². The van der Waals surface area contributed by atoms with Crippen LogP contribution in [0.15, 0.2) is 29.4 Å². The molecule has 0 heterocycles. The summed E-state index contributed by atoms with van der Waals surface area (Å²) in [5.74, 6) is -0.135. The summed E-state index contributed by atoms with van der Waals surface area (Å²) < 4.78 is 0. The van der Waals surface area contributed by atoms with Crippen LogP contribution < -0.4 is 5.32 Å². The van der Waals surface area contributed by atoms with Gasteiger partial charge in [0, 0.05) is 24.1 Å². The Hall–Kier alpha value is -1.74. The predicted octanol–water partition coefficient (Wildman–Crippen LogP) is 1.94. The number of rotatable bonds is 6. The second-order valence-electron chi connectivity index (χ2n) is 2.48. The van der Waals surface area contributed by atoms with Gasteiger partial charge in [-0.25, -0.2) is 0 Å². The number of allylic oxidation sites excluding steroid dienone is 3. The van der Waals surface area contributed by atoms with Crippen LogP contribution in [0.25, 0.3) is 10.4 Å². The average molecular weight is 194 g/mol. The Morgan fingerprint density at radius 3 is 3.00 bits per heavy atom. The van der Waals surface area contributed by atoms with Gasteiger partial charge in [0.1, 0.15) is 0 Å². The lowest BCUT2D eigenvalue weighted by atomic mass is 10.4. The molecular weight excluding hydrogens is 180 g/mol. The Labute approximate surface area is 83.1 Å². The molecule has 0 spiro atoms. The Balaban J connectivity index is 3.49. The number of nitrogens with one attached hydrogen (secondary N) is 1. The number of hydrogen-bond donors (Lipinski definition) is 1. The van der Waals surface area contributed by atoms with Gasteiger partial charge < -0.3 is 5.32 Å². The minimum Gasteiger partial charge on any atom is -0.353 e. The molecule has 0 aliphatic rings. The molecule has 76 valence electrons. The fraction of sp³-hybridized carbons (Fsp3) is 0.444. The number of carbonyl (C=O) groups is 1. The summed E-state index contributed by atoms with van der Waals surface area (Å²) in [6.45, 7) is 2.82. The highest BCUT2D eigenvalue weighted by Gasteiger charge is 1.91. The standard InChI is InChI=1S/C9H14N4O/c1-2-3-4-6-9(14)11-7-5-8-12-13-10/h2-4,6H,5,7-8H2,1H3,(H,11,14). The first-order valence-electron chi connectivity index (χ1n) is 4.39. The van der Waals surface area contributed by atoms with Crippen molar-refractivity contribution < 1.29 is 4.79 Å². The molecule has 0 rings (SSSR count). The molecule has 0 fully saturated rings. The lowest BCUT2D eigenvalue weighted by molar-refractivity contribution is -0.116. The van der Waals surface area contributed by atoms with Gasteiger partial charge in [0.05, 0.1) is 0 Å². The van der Waals surface area contributed by atoms with Crippen LogP contribution in [-0.2, 0) is 4.79 Å². The molecule has 5 nitrogen and oxygen atoms in total. The molecule has 0 aromatic carbocycles. The summed E-state index contributed by atoms with van der Waals surface area (Å²) in [7, 11) is 0. The van der Waals surface area contributed by atoms with Gasteiger partial charge in [-0.3, -0.25) is 4.79 Å².